The summed E-state index contributed by atoms with van der Waals surface area (Å²) >= 11 is 0. The molecule has 2 heteroatoms. The number of hydrogen-bond donors (Lipinski definition) is 1. The zero-order chi connectivity index (χ0) is 14.6. The SMILES string of the molecule is COc1ccc(C)cc1CC1(N)CC2CC1C1CCCC21. The van der Waals surface area contributed by atoms with Crippen molar-refractivity contribution in [3.63, 3.8) is 0 Å². The second-order valence-electron chi connectivity index (χ2n) is 7.79. The van der Waals surface area contributed by atoms with Gasteiger partial charge in [-0.2, -0.15) is 0 Å². The lowest BCUT2D eigenvalue weighted by Gasteiger charge is -2.40. The van der Waals surface area contributed by atoms with Crippen LogP contribution in [0.25, 0.3) is 0 Å². The topological polar surface area (TPSA) is 35.2 Å². The van der Waals surface area contributed by atoms with Gasteiger partial charge in [0.25, 0.3) is 0 Å². The lowest BCUT2D eigenvalue weighted by molar-refractivity contribution is 0.155. The van der Waals surface area contributed by atoms with Crippen molar-refractivity contribution in [3.05, 3.63) is 29.3 Å². The van der Waals surface area contributed by atoms with E-state index in [-0.39, 0.29) is 5.54 Å². The van der Waals surface area contributed by atoms with E-state index in [2.05, 4.69) is 25.1 Å². The van der Waals surface area contributed by atoms with E-state index in [1.165, 1.54) is 43.2 Å². The van der Waals surface area contributed by atoms with Gasteiger partial charge in [-0.1, -0.05) is 24.1 Å². The summed E-state index contributed by atoms with van der Waals surface area (Å²) in [5, 5.41) is 0. The van der Waals surface area contributed by atoms with Crippen LogP contribution in [0.3, 0.4) is 0 Å². The number of nitrogens with two attached hydrogens (primary N) is 1. The highest BCUT2D eigenvalue weighted by Gasteiger charge is 2.59. The maximum absolute atomic E-state index is 6.95. The van der Waals surface area contributed by atoms with Gasteiger partial charge in [0.15, 0.2) is 0 Å². The minimum absolute atomic E-state index is 0.0112. The molecule has 0 amide bonds. The van der Waals surface area contributed by atoms with Gasteiger partial charge in [0, 0.05) is 5.54 Å². The molecule has 3 fully saturated rings. The molecule has 3 aliphatic carbocycles. The number of fused-ring (bicyclic) bond motifs is 5. The molecule has 0 saturated heterocycles. The summed E-state index contributed by atoms with van der Waals surface area (Å²) in [7, 11) is 1.77. The van der Waals surface area contributed by atoms with Gasteiger partial charge in [-0.05, 0) is 74.3 Å². The van der Waals surface area contributed by atoms with Crippen LogP contribution in [0.5, 0.6) is 5.75 Å². The summed E-state index contributed by atoms with van der Waals surface area (Å²) in [4.78, 5) is 0. The predicted octanol–water partition coefficient (Wildman–Crippen LogP) is 3.70. The highest BCUT2D eigenvalue weighted by Crippen LogP contribution is 2.62. The van der Waals surface area contributed by atoms with E-state index in [4.69, 9.17) is 10.5 Å². The number of rotatable bonds is 3. The molecule has 0 heterocycles. The molecule has 2 bridgehead atoms. The number of hydrogen-bond acceptors (Lipinski definition) is 2. The minimum atomic E-state index is 0.0112. The molecule has 0 aliphatic heterocycles. The predicted molar refractivity (Wildman–Crippen MR) is 85.4 cm³/mol. The van der Waals surface area contributed by atoms with Crippen molar-refractivity contribution in [1.29, 1.82) is 0 Å². The smallest absolute Gasteiger partial charge is 0.122 e. The van der Waals surface area contributed by atoms with Crippen LogP contribution >= 0.6 is 0 Å². The van der Waals surface area contributed by atoms with Gasteiger partial charge in [0.2, 0.25) is 0 Å². The van der Waals surface area contributed by atoms with Crippen LogP contribution < -0.4 is 10.5 Å². The average molecular weight is 285 g/mol. The summed E-state index contributed by atoms with van der Waals surface area (Å²) in [5.41, 5.74) is 9.57. The second-order valence-corrected chi connectivity index (χ2v) is 7.79. The third-order valence-electron chi connectivity index (χ3n) is 6.64. The third-order valence-corrected chi connectivity index (χ3v) is 6.64. The zero-order valence-corrected chi connectivity index (χ0v) is 13.3. The first-order valence-corrected chi connectivity index (χ1v) is 8.53. The highest BCUT2D eigenvalue weighted by atomic mass is 16.5. The highest BCUT2D eigenvalue weighted by molar-refractivity contribution is 5.38. The van der Waals surface area contributed by atoms with E-state index in [9.17, 15) is 0 Å². The fourth-order valence-corrected chi connectivity index (χ4v) is 5.92. The van der Waals surface area contributed by atoms with Gasteiger partial charge in [-0.15, -0.1) is 0 Å². The molecule has 4 rings (SSSR count). The van der Waals surface area contributed by atoms with E-state index >= 15 is 0 Å². The molecule has 5 atom stereocenters. The maximum atomic E-state index is 6.95. The summed E-state index contributed by atoms with van der Waals surface area (Å²) in [6.45, 7) is 2.15. The van der Waals surface area contributed by atoms with E-state index in [0.717, 1.165) is 35.8 Å². The first-order chi connectivity index (χ1) is 10.1. The van der Waals surface area contributed by atoms with Crippen molar-refractivity contribution in [3.8, 4) is 5.75 Å². The van der Waals surface area contributed by atoms with Crippen molar-refractivity contribution in [2.75, 3.05) is 7.11 Å². The van der Waals surface area contributed by atoms with Crippen LogP contribution in [0.2, 0.25) is 0 Å². The molecule has 1 aromatic carbocycles. The van der Waals surface area contributed by atoms with Crippen LogP contribution in [-0.2, 0) is 6.42 Å². The summed E-state index contributed by atoms with van der Waals surface area (Å²) in [5.74, 6) is 4.59. The van der Waals surface area contributed by atoms with Crippen molar-refractivity contribution in [2.24, 2.45) is 29.4 Å². The number of methoxy groups -OCH3 is 1. The fourth-order valence-electron chi connectivity index (χ4n) is 5.92. The lowest BCUT2D eigenvalue weighted by atomic mass is 9.69. The number of ether oxygens (including phenoxy) is 1. The summed E-state index contributed by atoms with van der Waals surface area (Å²) in [6.07, 6.45) is 7.94. The normalized spacial score (nSPS) is 40.5. The van der Waals surface area contributed by atoms with Crippen molar-refractivity contribution in [2.45, 2.75) is 51.0 Å². The number of aryl methyl sites for hydroxylation is 1. The van der Waals surface area contributed by atoms with Gasteiger partial charge in [-0.3, -0.25) is 0 Å². The fraction of sp³-hybridized carbons (Fsp3) is 0.684. The number of benzene rings is 1. The van der Waals surface area contributed by atoms with Gasteiger partial charge in [-0.25, -0.2) is 0 Å². The molecule has 21 heavy (non-hydrogen) atoms. The Kier molecular flexibility index (Phi) is 3.08. The van der Waals surface area contributed by atoms with Gasteiger partial charge in [0.05, 0.1) is 7.11 Å². The zero-order valence-electron chi connectivity index (χ0n) is 13.3. The Morgan fingerprint density at radius 1 is 1.29 bits per heavy atom. The quantitative estimate of drug-likeness (QED) is 0.919. The molecule has 0 radical (unpaired) electrons. The van der Waals surface area contributed by atoms with Crippen LogP contribution in [0.15, 0.2) is 18.2 Å². The molecular formula is C19H27NO. The standard InChI is InChI=1S/C19H27NO/c1-12-6-7-18(21-2)14(8-12)11-19(20)10-13-9-17(19)16-5-3-4-15(13)16/h6-8,13,15-17H,3-5,9-11,20H2,1-2H3. The Balaban J connectivity index is 1.61. The van der Waals surface area contributed by atoms with Crippen molar-refractivity contribution >= 4 is 0 Å². The molecule has 0 spiro atoms. The van der Waals surface area contributed by atoms with E-state index in [0.29, 0.717) is 0 Å². The molecule has 2 nitrogen and oxygen atoms in total. The molecule has 5 unspecified atom stereocenters. The van der Waals surface area contributed by atoms with Gasteiger partial charge >= 0.3 is 0 Å². The molecule has 3 saturated carbocycles. The van der Waals surface area contributed by atoms with Crippen molar-refractivity contribution in [1.82, 2.24) is 0 Å². The first-order valence-electron chi connectivity index (χ1n) is 8.53. The summed E-state index contributed by atoms with van der Waals surface area (Å²) < 4.78 is 5.57. The first kappa shape index (κ1) is 13.6. The van der Waals surface area contributed by atoms with E-state index in [1.54, 1.807) is 7.11 Å². The van der Waals surface area contributed by atoms with Crippen LogP contribution in [0, 0.1) is 30.6 Å². The Hall–Kier alpha value is -1.02. The third kappa shape index (κ3) is 2.03. The molecule has 3 aliphatic rings. The van der Waals surface area contributed by atoms with E-state index in [1.807, 2.05) is 0 Å². The average Bonchev–Trinajstić information content (AvgIpc) is 3.09. The van der Waals surface area contributed by atoms with Crippen molar-refractivity contribution < 1.29 is 4.74 Å². The van der Waals surface area contributed by atoms with Gasteiger partial charge in [0.1, 0.15) is 5.75 Å². The van der Waals surface area contributed by atoms with Crippen LogP contribution in [-0.4, -0.2) is 12.6 Å². The van der Waals surface area contributed by atoms with Gasteiger partial charge < -0.3 is 10.5 Å². The van der Waals surface area contributed by atoms with E-state index < -0.39 is 0 Å². The molecule has 2 N–H and O–H groups in total. The monoisotopic (exact) mass is 285 g/mol. The van der Waals surface area contributed by atoms with Crippen LogP contribution in [0.1, 0.15) is 43.2 Å². The van der Waals surface area contributed by atoms with Crippen LogP contribution in [0.4, 0.5) is 0 Å². The largest absolute Gasteiger partial charge is 0.496 e. The minimum Gasteiger partial charge on any atom is -0.496 e. The summed E-state index contributed by atoms with van der Waals surface area (Å²) in [6, 6.07) is 6.49. The Morgan fingerprint density at radius 2 is 2.10 bits per heavy atom. The lowest BCUT2D eigenvalue weighted by Crippen LogP contribution is -2.51. The maximum Gasteiger partial charge on any atom is 0.122 e. The Morgan fingerprint density at radius 3 is 2.90 bits per heavy atom. The molecule has 0 aromatic heterocycles. The Labute approximate surface area is 128 Å². The second kappa shape index (κ2) is 4.74. The molecule has 114 valence electrons. The molecule has 1 aromatic rings. The molecular weight excluding hydrogens is 258 g/mol. The Bertz CT molecular complexity index is 554.